The second kappa shape index (κ2) is 8.93. The summed E-state index contributed by atoms with van der Waals surface area (Å²) in [6, 6.07) is 7.12. The van der Waals surface area contributed by atoms with Crippen molar-refractivity contribution in [2.75, 3.05) is 27.2 Å². The van der Waals surface area contributed by atoms with Gasteiger partial charge in [-0.05, 0) is 26.3 Å². The van der Waals surface area contributed by atoms with Crippen LogP contribution in [0, 0.1) is 0 Å². The molecule has 2 rings (SSSR count). The molecule has 1 aliphatic rings. The van der Waals surface area contributed by atoms with Crippen LogP contribution in [0.5, 0.6) is 0 Å². The summed E-state index contributed by atoms with van der Waals surface area (Å²) >= 11 is 0. The zero-order valence-corrected chi connectivity index (χ0v) is 17.4. The lowest BCUT2D eigenvalue weighted by atomic mass is 10.2. The van der Waals surface area contributed by atoms with E-state index < -0.39 is 35.6 Å². The van der Waals surface area contributed by atoms with Gasteiger partial charge >= 0.3 is 18.1 Å². The topological polar surface area (TPSA) is 96.5 Å². The molecular formula is C20H27N3O6. The number of rotatable bonds is 5. The third-order valence-electron chi connectivity index (χ3n) is 4.05. The zero-order valence-electron chi connectivity index (χ0n) is 17.4. The van der Waals surface area contributed by atoms with Crippen molar-refractivity contribution >= 4 is 24.0 Å². The standard InChI is InChI=1S/C20H27N3O6/c1-20(2,3)29-16(24)12-22-11-15(17(25)21(4)5)23(18(22)26)19(27)28-13-14-9-7-6-8-10-14/h6-10,15H,11-13H2,1-5H3/t15-/m0/s1. The zero-order chi connectivity index (χ0) is 21.8. The van der Waals surface area contributed by atoms with Gasteiger partial charge in [-0.15, -0.1) is 0 Å². The summed E-state index contributed by atoms with van der Waals surface area (Å²) in [6.07, 6.45) is -0.939. The number of carbonyl (C=O) groups is 4. The number of hydrogen-bond donors (Lipinski definition) is 0. The first kappa shape index (κ1) is 22.2. The number of benzene rings is 1. The van der Waals surface area contributed by atoms with Crippen LogP contribution in [0.1, 0.15) is 26.3 Å². The van der Waals surface area contributed by atoms with E-state index in [2.05, 4.69) is 0 Å². The third kappa shape index (κ3) is 5.94. The lowest BCUT2D eigenvalue weighted by molar-refractivity contribution is -0.155. The van der Waals surface area contributed by atoms with Gasteiger partial charge in [0.05, 0.1) is 6.54 Å². The van der Waals surface area contributed by atoms with E-state index in [1.165, 1.54) is 19.0 Å². The molecule has 1 aliphatic heterocycles. The average Bonchev–Trinajstić information content (AvgIpc) is 2.94. The minimum Gasteiger partial charge on any atom is -0.459 e. The molecule has 0 unspecified atom stereocenters. The molecule has 9 heteroatoms. The maximum atomic E-state index is 12.8. The fourth-order valence-electron chi connectivity index (χ4n) is 2.80. The first-order chi connectivity index (χ1) is 13.5. The number of carbonyl (C=O) groups excluding carboxylic acids is 4. The average molecular weight is 405 g/mol. The molecule has 1 fully saturated rings. The maximum absolute atomic E-state index is 12.8. The van der Waals surface area contributed by atoms with Gasteiger partial charge in [0.1, 0.15) is 24.8 Å². The summed E-state index contributed by atoms with van der Waals surface area (Å²) in [4.78, 5) is 53.2. The number of esters is 1. The molecule has 0 bridgehead atoms. The SMILES string of the molecule is CN(C)C(=O)[C@@H]1CN(CC(=O)OC(C)(C)C)C(=O)N1C(=O)OCc1ccccc1. The van der Waals surface area contributed by atoms with Crippen LogP contribution in [0.25, 0.3) is 0 Å². The lowest BCUT2D eigenvalue weighted by Gasteiger charge is -2.22. The molecule has 1 heterocycles. The minimum absolute atomic E-state index is 0.0433. The van der Waals surface area contributed by atoms with E-state index in [4.69, 9.17) is 9.47 Å². The molecular weight excluding hydrogens is 378 g/mol. The molecule has 4 amide bonds. The number of ether oxygens (including phenoxy) is 2. The van der Waals surface area contributed by atoms with E-state index in [0.717, 1.165) is 15.4 Å². The summed E-state index contributed by atoms with van der Waals surface area (Å²) in [7, 11) is 3.05. The summed E-state index contributed by atoms with van der Waals surface area (Å²) < 4.78 is 10.5. The molecule has 29 heavy (non-hydrogen) atoms. The van der Waals surface area contributed by atoms with E-state index in [1.54, 1.807) is 45.0 Å². The second-order valence-electron chi connectivity index (χ2n) is 7.91. The van der Waals surface area contributed by atoms with Crippen molar-refractivity contribution in [3.05, 3.63) is 35.9 Å². The van der Waals surface area contributed by atoms with Crippen molar-refractivity contribution in [2.45, 2.75) is 39.0 Å². The van der Waals surface area contributed by atoms with Crippen molar-refractivity contribution < 1.29 is 28.7 Å². The Labute approximate surface area is 170 Å². The van der Waals surface area contributed by atoms with Gasteiger partial charge in [0.15, 0.2) is 0 Å². The van der Waals surface area contributed by atoms with Gasteiger partial charge in [0.25, 0.3) is 0 Å². The summed E-state index contributed by atoms with van der Waals surface area (Å²) in [5, 5.41) is 0. The van der Waals surface area contributed by atoms with Crippen LogP contribution in [-0.4, -0.2) is 77.5 Å². The molecule has 1 aromatic carbocycles. The molecule has 0 saturated carbocycles. The number of nitrogens with zero attached hydrogens (tertiary/aromatic N) is 3. The Hall–Kier alpha value is -3.10. The first-order valence-corrected chi connectivity index (χ1v) is 9.21. The normalized spacial score (nSPS) is 16.6. The quantitative estimate of drug-likeness (QED) is 0.694. The Morgan fingerprint density at radius 3 is 2.31 bits per heavy atom. The number of likely N-dealkylation sites (N-methyl/N-ethyl adjacent to an activating group) is 1. The molecule has 9 nitrogen and oxygen atoms in total. The third-order valence-corrected chi connectivity index (χ3v) is 4.05. The Balaban J connectivity index is 2.13. The van der Waals surface area contributed by atoms with Crippen LogP contribution in [0.15, 0.2) is 30.3 Å². The Morgan fingerprint density at radius 1 is 1.14 bits per heavy atom. The van der Waals surface area contributed by atoms with Gasteiger partial charge in [-0.25, -0.2) is 14.5 Å². The van der Waals surface area contributed by atoms with Crippen LogP contribution >= 0.6 is 0 Å². The predicted octanol–water partition coefficient (Wildman–Crippen LogP) is 1.86. The summed E-state index contributed by atoms with van der Waals surface area (Å²) in [5.41, 5.74) is 0.0288. The minimum atomic E-state index is -1.08. The lowest BCUT2D eigenvalue weighted by Crippen LogP contribution is -2.48. The van der Waals surface area contributed by atoms with Gasteiger partial charge in [0.2, 0.25) is 5.91 Å². The summed E-state index contributed by atoms with van der Waals surface area (Å²) in [5.74, 6) is -1.07. The predicted molar refractivity (Wildman–Crippen MR) is 104 cm³/mol. The fourth-order valence-corrected chi connectivity index (χ4v) is 2.80. The van der Waals surface area contributed by atoms with Crippen molar-refractivity contribution in [3.63, 3.8) is 0 Å². The van der Waals surface area contributed by atoms with E-state index >= 15 is 0 Å². The number of urea groups is 1. The molecule has 158 valence electrons. The van der Waals surface area contributed by atoms with Crippen molar-refractivity contribution in [1.29, 1.82) is 0 Å². The summed E-state index contributed by atoms with van der Waals surface area (Å²) in [6.45, 7) is 4.61. The van der Waals surface area contributed by atoms with E-state index in [1.807, 2.05) is 6.07 Å². The van der Waals surface area contributed by atoms with Crippen LogP contribution in [-0.2, 0) is 25.7 Å². The van der Waals surface area contributed by atoms with Gasteiger partial charge in [-0.1, -0.05) is 30.3 Å². The molecule has 1 aromatic rings. The highest BCUT2D eigenvalue weighted by Crippen LogP contribution is 2.20. The van der Waals surface area contributed by atoms with E-state index in [-0.39, 0.29) is 19.7 Å². The number of amides is 4. The smallest absolute Gasteiger partial charge is 0.419 e. The number of imide groups is 1. The largest absolute Gasteiger partial charge is 0.459 e. The van der Waals surface area contributed by atoms with E-state index in [0.29, 0.717) is 0 Å². The Morgan fingerprint density at radius 2 is 1.76 bits per heavy atom. The van der Waals surface area contributed by atoms with Crippen molar-refractivity contribution in [3.8, 4) is 0 Å². The Bertz CT molecular complexity index is 772. The second-order valence-corrected chi connectivity index (χ2v) is 7.91. The van der Waals surface area contributed by atoms with Gasteiger partial charge in [-0.3, -0.25) is 9.59 Å². The fraction of sp³-hybridized carbons (Fsp3) is 0.500. The van der Waals surface area contributed by atoms with Crippen LogP contribution in [0.3, 0.4) is 0 Å². The van der Waals surface area contributed by atoms with Crippen LogP contribution in [0.4, 0.5) is 9.59 Å². The molecule has 0 N–H and O–H groups in total. The number of hydrogen-bond acceptors (Lipinski definition) is 6. The molecule has 0 aliphatic carbocycles. The maximum Gasteiger partial charge on any atom is 0.419 e. The van der Waals surface area contributed by atoms with E-state index in [9.17, 15) is 19.2 Å². The van der Waals surface area contributed by atoms with Crippen LogP contribution < -0.4 is 0 Å². The Kier molecular flexibility index (Phi) is 6.84. The monoisotopic (exact) mass is 405 g/mol. The molecule has 1 atom stereocenters. The van der Waals surface area contributed by atoms with Gasteiger partial charge in [0, 0.05) is 14.1 Å². The van der Waals surface area contributed by atoms with Crippen molar-refractivity contribution in [2.24, 2.45) is 0 Å². The highest BCUT2D eigenvalue weighted by molar-refractivity contribution is 6.01. The first-order valence-electron chi connectivity index (χ1n) is 9.21. The van der Waals surface area contributed by atoms with Gasteiger partial charge < -0.3 is 19.3 Å². The molecule has 0 spiro atoms. The molecule has 1 saturated heterocycles. The highest BCUT2D eigenvalue weighted by Gasteiger charge is 2.47. The molecule has 0 aromatic heterocycles. The van der Waals surface area contributed by atoms with Crippen LogP contribution in [0.2, 0.25) is 0 Å². The van der Waals surface area contributed by atoms with Crippen molar-refractivity contribution in [1.82, 2.24) is 14.7 Å². The highest BCUT2D eigenvalue weighted by atomic mass is 16.6. The molecule has 0 radical (unpaired) electrons. The van der Waals surface area contributed by atoms with Gasteiger partial charge in [-0.2, -0.15) is 0 Å².